The van der Waals surface area contributed by atoms with Crippen LogP contribution in [0.4, 0.5) is 0 Å². The van der Waals surface area contributed by atoms with Gasteiger partial charge >= 0.3 is 5.63 Å². The fourth-order valence-electron chi connectivity index (χ4n) is 3.28. The number of carbonyl (C=O) groups excluding carboxylic acids is 1. The van der Waals surface area contributed by atoms with Gasteiger partial charge in [0.2, 0.25) is 0 Å². The molecular weight excluding hydrogens is 304 g/mol. The van der Waals surface area contributed by atoms with Gasteiger partial charge in [0.1, 0.15) is 11.1 Å². The summed E-state index contributed by atoms with van der Waals surface area (Å²) in [5.41, 5.74) is 0.0746. The number of quaternary nitrogens is 1. The molecule has 1 aromatic heterocycles. The van der Waals surface area contributed by atoms with Crippen LogP contribution in [0.2, 0.25) is 0 Å². The zero-order chi connectivity index (χ0) is 16.7. The number of hydrogen-bond acceptors (Lipinski definition) is 3. The number of fused-ring (bicyclic) bond motifs is 3. The highest BCUT2D eigenvalue weighted by Gasteiger charge is 2.25. The maximum atomic E-state index is 12.8. The molecule has 0 bridgehead atoms. The number of carbonyl (C=O) groups is 1. The van der Waals surface area contributed by atoms with Crippen LogP contribution in [0.15, 0.2) is 51.7 Å². The molecular formula is C19H19N2O3+. The SMILES string of the molecule is C[NH+]1CCN(C(=O)c2cc3c(ccc4ccccc43)oc2=O)CC1. The second-order valence-corrected chi connectivity index (χ2v) is 6.40. The van der Waals surface area contributed by atoms with Gasteiger partial charge < -0.3 is 14.2 Å². The van der Waals surface area contributed by atoms with Gasteiger partial charge in [0.05, 0.1) is 33.2 Å². The van der Waals surface area contributed by atoms with Crippen LogP contribution in [-0.4, -0.2) is 44.0 Å². The lowest BCUT2D eigenvalue weighted by Crippen LogP contribution is -3.12. The van der Waals surface area contributed by atoms with E-state index >= 15 is 0 Å². The third-order valence-electron chi connectivity index (χ3n) is 4.78. The van der Waals surface area contributed by atoms with E-state index in [-0.39, 0.29) is 11.5 Å². The molecule has 5 nitrogen and oxygen atoms in total. The van der Waals surface area contributed by atoms with Gasteiger partial charge in [0.15, 0.2) is 0 Å². The van der Waals surface area contributed by atoms with Crippen molar-refractivity contribution in [3.63, 3.8) is 0 Å². The number of nitrogens with zero attached hydrogens (tertiary/aromatic N) is 1. The van der Waals surface area contributed by atoms with Crippen molar-refractivity contribution in [3.05, 3.63) is 58.4 Å². The van der Waals surface area contributed by atoms with Gasteiger partial charge in [-0.05, 0) is 22.9 Å². The lowest BCUT2D eigenvalue weighted by molar-refractivity contribution is -0.883. The Morgan fingerprint density at radius 1 is 1.08 bits per heavy atom. The van der Waals surface area contributed by atoms with Crippen molar-refractivity contribution in [3.8, 4) is 0 Å². The fraction of sp³-hybridized carbons (Fsp3) is 0.263. The molecule has 5 heteroatoms. The first-order valence-corrected chi connectivity index (χ1v) is 8.20. The first-order chi connectivity index (χ1) is 11.6. The maximum Gasteiger partial charge on any atom is 0.349 e. The maximum absolute atomic E-state index is 12.8. The van der Waals surface area contributed by atoms with Gasteiger partial charge in [-0.15, -0.1) is 0 Å². The standard InChI is InChI=1S/C19H18N2O3/c1-20-8-10-21(11-9-20)18(22)16-12-15-14-5-3-2-4-13(14)6-7-17(15)24-19(16)23/h2-7,12H,8-11H2,1H3/p+1. The van der Waals surface area contributed by atoms with E-state index in [1.54, 1.807) is 17.0 Å². The molecule has 1 aliphatic rings. The summed E-state index contributed by atoms with van der Waals surface area (Å²) in [5, 5.41) is 2.84. The minimum atomic E-state index is -0.561. The highest BCUT2D eigenvalue weighted by atomic mass is 16.4. The quantitative estimate of drug-likeness (QED) is 0.535. The lowest BCUT2D eigenvalue weighted by atomic mass is 10.0. The van der Waals surface area contributed by atoms with Crippen LogP contribution >= 0.6 is 0 Å². The van der Waals surface area contributed by atoms with E-state index in [0.29, 0.717) is 18.7 Å². The molecule has 0 radical (unpaired) electrons. The average Bonchev–Trinajstić information content (AvgIpc) is 2.61. The first-order valence-electron chi connectivity index (χ1n) is 8.20. The smallest absolute Gasteiger partial charge is 0.349 e. The summed E-state index contributed by atoms with van der Waals surface area (Å²) in [6.45, 7) is 3.12. The molecule has 1 saturated heterocycles. The van der Waals surface area contributed by atoms with Crippen LogP contribution < -0.4 is 10.5 Å². The molecule has 2 heterocycles. The molecule has 1 aliphatic heterocycles. The van der Waals surface area contributed by atoms with Gasteiger partial charge in [-0.25, -0.2) is 4.79 Å². The lowest BCUT2D eigenvalue weighted by Gasteiger charge is -2.29. The molecule has 4 rings (SSSR count). The Kier molecular flexibility index (Phi) is 3.58. The van der Waals surface area contributed by atoms with Gasteiger partial charge in [0, 0.05) is 5.39 Å². The predicted molar refractivity (Wildman–Crippen MR) is 92.5 cm³/mol. The monoisotopic (exact) mass is 323 g/mol. The number of rotatable bonds is 1. The van der Waals surface area contributed by atoms with E-state index in [0.717, 1.165) is 29.2 Å². The summed E-state index contributed by atoms with van der Waals surface area (Å²) in [4.78, 5) is 28.2. The van der Waals surface area contributed by atoms with Crippen molar-refractivity contribution in [2.45, 2.75) is 0 Å². The van der Waals surface area contributed by atoms with Crippen LogP contribution in [-0.2, 0) is 0 Å². The molecule has 0 saturated carbocycles. The van der Waals surface area contributed by atoms with Crippen molar-refractivity contribution < 1.29 is 14.1 Å². The van der Waals surface area contributed by atoms with E-state index < -0.39 is 5.63 Å². The molecule has 24 heavy (non-hydrogen) atoms. The predicted octanol–water partition coefficient (Wildman–Crippen LogP) is 0.917. The largest absolute Gasteiger partial charge is 0.422 e. The van der Waals surface area contributed by atoms with Crippen LogP contribution in [0.5, 0.6) is 0 Å². The van der Waals surface area contributed by atoms with Crippen molar-refractivity contribution in [1.82, 2.24) is 4.90 Å². The minimum absolute atomic E-state index is 0.124. The number of hydrogen-bond donors (Lipinski definition) is 1. The van der Waals surface area contributed by atoms with Crippen LogP contribution in [0, 0.1) is 0 Å². The second-order valence-electron chi connectivity index (χ2n) is 6.40. The van der Waals surface area contributed by atoms with E-state index in [4.69, 9.17) is 4.42 Å². The highest BCUT2D eigenvalue weighted by Crippen LogP contribution is 2.25. The van der Waals surface area contributed by atoms with Gasteiger partial charge in [-0.2, -0.15) is 0 Å². The van der Waals surface area contributed by atoms with Crippen molar-refractivity contribution in [2.24, 2.45) is 0 Å². The average molecular weight is 323 g/mol. The molecule has 1 N–H and O–H groups in total. The van der Waals surface area contributed by atoms with Gasteiger partial charge in [0.25, 0.3) is 5.91 Å². The number of benzene rings is 2. The molecule has 0 aliphatic carbocycles. The first kappa shape index (κ1) is 14.9. The van der Waals surface area contributed by atoms with E-state index in [9.17, 15) is 9.59 Å². The number of nitrogens with one attached hydrogen (secondary N) is 1. The highest BCUT2D eigenvalue weighted by molar-refractivity contribution is 6.07. The summed E-state index contributed by atoms with van der Waals surface area (Å²) in [7, 11) is 2.11. The number of piperazine rings is 1. The van der Waals surface area contributed by atoms with Crippen molar-refractivity contribution >= 4 is 27.6 Å². The Morgan fingerprint density at radius 3 is 2.62 bits per heavy atom. The Morgan fingerprint density at radius 2 is 1.83 bits per heavy atom. The molecule has 1 amide bonds. The molecule has 122 valence electrons. The third-order valence-corrected chi connectivity index (χ3v) is 4.78. The number of likely N-dealkylation sites (N-methyl/N-ethyl adjacent to an activating group) is 1. The van der Waals surface area contributed by atoms with Crippen LogP contribution in [0.25, 0.3) is 21.7 Å². The Bertz CT molecular complexity index is 985. The Hall–Kier alpha value is -2.66. The van der Waals surface area contributed by atoms with Crippen LogP contribution in [0.1, 0.15) is 10.4 Å². The van der Waals surface area contributed by atoms with E-state index in [1.807, 2.05) is 30.3 Å². The van der Waals surface area contributed by atoms with Gasteiger partial charge in [-0.1, -0.05) is 30.3 Å². The number of amides is 1. The molecule has 2 aromatic carbocycles. The van der Waals surface area contributed by atoms with E-state index in [1.165, 1.54) is 4.90 Å². The third kappa shape index (κ3) is 2.47. The summed E-state index contributed by atoms with van der Waals surface area (Å²) in [6, 6.07) is 13.3. The minimum Gasteiger partial charge on any atom is -0.422 e. The molecule has 1 fully saturated rings. The van der Waals surface area contributed by atoms with Crippen molar-refractivity contribution in [1.29, 1.82) is 0 Å². The zero-order valence-corrected chi connectivity index (χ0v) is 13.5. The van der Waals surface area contributed by atoms with Crippen molar-refractivity contribution in [2.75, 3.05) is 33.2 Å². The fourth-order valence-corrected chi connectivity index (χ4v) is 3.28. The normalized spacial score (nSPS) is 16.0. The molecule has 3 aromatic rings. The summed E-state index contributed by atoms with van der Waals surface area (Å²) < 4.78 is 5.43. The Balaban J connectivity index is 1.83. The van der Waals surface area contributed by atoms with Gasteiger partial charge in [-0.3, -0.25) is 4.79 Å². The summed E-state index contributed by atoms with van der Waals surface area (Å²) in [5.74, 6) is -0.230. The Labute approximate surface area is 139 Å². The van der Waals surface area contributed by atoms with Crippen LogP contribution in [0.3, 0.4) is 0 Å². The van der Waals surface area contributed by atoms with E-state index in [2.05, 4.69) is 7.05 Å². The zero-order valence-electron chi connectivity index (χ0n) is 13.5. The summed E-state index contributed by atoms with van der Waals surface area (Å²) in [6.07, 6.45) is 0. The molecule has 0 unspecified atom stereocenters. The topological polar surface area (TPSA) is 55.0 Å². The molecule has 0 spiro atoms. The summed E-state index contributed by atoms with van der Waals surface area (Å²) >= 11 is 0. The molecule has 0 atom stereocenters. The second kappa shape index (κ2) is 5.76.